The number of hydrogen-bond donors (Lipinski definition) is 0. The molecule has 0 amide bonds. The zero-order valence-electron chi connectivity index (χ0n) is 6.78. The van der Waals surface area contributed by atoms with Crippen molar-refractivity contribution in [3.05, 3.63) is 10.4 Å². The lowest BCUT2D eigenvalue weighted by atomic mass is 10.3. The largest absolute Gasteiger partial charge is 0.301 e. The van der Waals surface area contributed by atoms with Crippen molar-refractivity contribution in [2.45, 2.75) is 25.9 Å². The number of rotatable bonds is 4. The van der Waals surface area contributed by atoms with Crippen LogP contribution in [0.3, 0.4) is 0 Å². The quantitative estimate of drug-likeness (QED) is 0.336. The smallest absolute Gasteiger partial charge is 0.0881 e. The molecule has 0 aliphatic rings. The number of hydrogen-bond acceptors (Lipinski definition) is 2. The molecule has 1 atom stereocenters. The van der Waals surface area contributed by atoms with E-state index in [1.165, 1.54) is 0 Å². The van der Waals surface area contributed by atoms with Gasteiger partial charge in [0.1, 0.15) is 0 Å². The predicted molar refractivity (Wildman–Crippen MR) is 41.5 cm³/mol. The third-order valence-corrected chi connectivity index (χ3v) is 1.33. The van der Waals surface area contributed by atoms with Crippen LogP contribution in [-0.4, -0.2) is 25.2 Å². The lowest BCUT2D eigenvalue weighted by Crippen LogP contribution is -2.24. The molecular formula is C6H14N4. The van der Waals surface area contributed by atoms with Gasteiger partial charge in [-0.15, -0.1) is 0 Å². The van der Waals surface area contributed by atoms with Gasteiger partial charge in [0, 0.05) is 4.91 Å². The molecule has 10 heavy (non-hydrogen) atoms. The third kappa shape index (κ3) is 3.33. The third-order valence-electron chi connectivity index (χ3n) is 1.33. The van der Waals surface area contributed by atoms with Gasteiger partial charge in [-0.1, -0.05) is 18.5 Å². The van der Waals surface area contributed by atoms with Crippen molar-refractivity contribution >= 4 is 0 Å². The van der Waals surface area contributed by atoms with E-state index in [2.05, 4.69) is 16.9 Å². The molecule has 0 aromatic rings. The lowest BCUT2D eigenvalue weighted by molar-refractivity contribution is 0.283. The van der Waals surface area contributed by atoms with Crippen LogP contribution in [0.4, 0.5) is 0 Å². The molecule has 0 aromatic heterocycles. The van der Waals surface area contributed by atoms with Gasteiger partial charge in [0.05, 0.1) is 6.17 Å². The molecule has 0 radical (unpaired) electrons. The highest BCUT2D eigenvalue weighted by Crippen LogP contribution is 2.03. The molecule has 0 bridgehead atoms. The van der Waals surface area contributed by atoms with E-state index in [9.17, 15) is 0 Å². The van der Waals surface area contributed by atoms with Gasteiger partial charge >= 0.3 is 0 Å². The average Bonchev–Trinajstić information content (AvgIpc) is 1.87. The topological polar surface area (TPSA) is 52.0 Å². The van der Waals surface area contributed by atoms with Crippen LogP contribution in [0.1, 0.15) is 19.8 Å². The first-order chi connectivity index (χ1) is 4.72. The Balaban J connectivity index is 3.84. The van der Waals surface area contributed by atoms with E-state index in [4.69, 9.17) is 5.53 Å². The molecule has 0 aliphatic carbocycles. The predicted octanol–water partition coefficient (Wildman–Crippen LogP) is 1.98. The molecule has 0 spiro atoms. The van der Waals surface area contributed by atoms with Crippen molar-refractivity contribution in [3.8, 4) is 0 Å². The molecule has 0 rings (SSSR count). The van der Waals surface area contributed by atoms with Crippen molar-refractivity contribution in [3.63, 3.8) is 0 Å². The van der Waals surface area contributed by atoms with E-state index in [1.807, 2.05) is 19.0 Å². The molecule has 1 unspecified atom stereocenters. The molecular weight excluding hydrogens is 128 g/mol. The molecule has 4 nitrogen and oxygen atoms in total. The van der Waals surface area contributed by atoms with Crippen molar-refractivity contribution < 1.29 is 0 Å². The fourth-order valence-electron chi connectivity index (χ4n) is 0.737. The van der Waals surface area contributed by atoms with Crippen LogP contribution in [0.15, 0.2) is 5.11 Å². The maximum Gasteiger partial charge on any atom is 0.0881 e. The molecule has 0 fully saturated rings. The van der Waals surface area contributed by atoms with Crippen LogP contribution in [-0.2, 0) is 0 Å². The van der Waals surface area contributed by atoms with E-state index in [0.717, 1.165) is 12.8 Å². The normalized spacial score (nSPS) is 12.8. The van der Waals surface area contributed by atoms with Gasteiger partial charge in [0.25, 0.3) is 0 Å². The van der Waals surface area contributed by atoms with Crippen molar-refractivity contribution in [1.29, 1.82) is 0 Å². The second kappa shape index (κ2) is 5.09. The van der Waals surface area contributed by atoms with E-state index >= 15 is 0 Å². The Morgan fingerprint density at radius 1 is 1.60 bits per heavy atom. The minimum atomic E-state index is 0.0231. The van der Waals surface area contributed by atoms with Gasteiger partial charge in [-0.05, 0) is 26.0 Å². The zero-order chi connectivity index (χ0) is 7.98. The van der Waals surface area contributed by atoms with E-state index < -0.39 is 0 Å². The van der Waals surface area contributed by atoms with Gasteiger partial charge in [-0.2, -0.15) is 0 Å². The second-order valence-electron chi connectivity index (χ2n) is 2.44. The summed E-state index contributed by atoms with van der Waals surface area (Å²) in [4.78, 5) is 4.68. The summed E-state index contributed by atoms with van der Waals surface area (Å²) in [6.45, 7) is 2.07. The Morgan fingerprint density at radius 3 is 2.50 bits per heavy atom. The zero-order valence-corrected chi connectivity index (χ0v) is 6.78. The summed E-state index contributed by atoms with van der Waals surface area (Å²) < 4.78 is 0. The van der Waals surface area contributed by atoms with Crippen molar-refractivity contribution in [1.82, 2.24) is 4.90 Å². The molecule has 4 heteroatoms. The average molecular weight is 142 g/mol. The molecule has 58 valence electrons. The highest BCUT2D eigenvalue weighted by atomic mass is 15.3. The summed E-state index contributed by atoms with van der Waals surface area (Å²) in [6.07, 6.45) is 1.99. The molecule has 0 saturated carbocycles. The maximum absolute atomic E-state index is 8.14. The molecule has 0 heterocycles. The van der Waals surface area contributed by atoms with E-state index in [1.54, 1.807) is 0 Å². The van der Waals surface area contributed by atoms with Gasteiger partial charge in [0.15, 0.2) is 0 Å². The summed E-state index contributed by atoms with van der Waals surface area (Å²) in [5, 5.41) is 3.62. The van der Waals surface area contributed by atoms with Crippen LogP contribution >= 0.6 is 0 Å². The highest BCUT2D eigenvalue weighted by Gasteiger charge is 2.05. The summed E-state index contributed by atoms with van der Waals surface area (Å²) in [6, 6.07) is 0. The molecule has 0 saturated heterocycles. The van der Waals surface area contributed by atoms with Crippen LogP contribution in [0, 0.1) is 0 Å². The van der Waals surface area contributed by atoms with Crippen LogP contribution in [0.2, 0.25) is 0 Å². The summed E-state index contributed by atoms with van der Waals surface area (Å²) >= 11 is 0. The number of nitrogens with zero attached hydrogens (tertiary/aromatic N) is 4. The monoisotopic (exact) mass is 142 g/mol. The van der Waals surface area contributed by atoms with Gasteiger partial charge < -0.3 is 4.90 Å². The number of azide groups is 1. The van der Waals surface area contributed by atoms with E-state index in [-0.39, 0.29) is 6.17 Å². The molecule has 0 aromatic carbocycles. The Bertz CT molecular complexity index is 126. The molecule has 0 aliphatic heterocycles. The summed E-state index contributed by atoms with van der Waals surface area (Å²) in [5.41, 5.74) is 8.14. The second-order valence-corrected chi connectivity index (χ2v) is 2.44. The Hall–Kier alpha value is -0.730. The fourth-order valence-corrected chi connectivity index (χ4v) is 0.737. The summed E-state index contributed by atoms with van der Waals surface area (Å²) in [5.74, 6) is 0. The van der Waals surface area contributed by atoms with Crippen molar-refractivity contribution in [2.24, 2.45) is 5.11 Å². The van der Waals surface area contributed by atoms with Crippen molar-refractivity contribution in [2.75, 3.05) is 14.1 Å². The Labute approximate surface area is 61.5 Å². The van der Waals surface area contributed by atoms with Crippen LogP contribution in [0.25, 0.3) is 10.4 Å². The highest BCUT2D eigenvalue weighted by molar-refractivity contribution is 4.62. The minimum absolute atomic E-state index is 0.0231. The first kappa shape index (κ1) is 9.27. The van der Waals surface area contributed by atoms with Crippen LogP contribution in [0.5, 0.6) is 0 Å². The van der Waals surface area contributed by atoms with Gasteiger partial charge in [0.2, 0.25) is 0 Å². The first-order valence-corrected chi connectivity index (χ1v) is 3.43. The first-order valence-electron chi connectivity index (χ1n) is 3.43. The molecule has 0 N–H and O–H groups in total. The lowest BCUT2D eigenvalue weighted by Gasteiger charge is -2.17. The van der Waals surface area contributed by atoms with E-state index in [0.29, 0.717) is 0 Å². The Morgan fingerprint density at radius 2 is 2.20 bits per heavy atom. The standard InChI is InChI=1S/C6H14N4/c1-4-5-6(8-9-7)10(2)3/h6H,4-5H2,1-3H3. The fraction of sp³-hybridized carbons (Fsp3) is 1.00. The SMILES string of the molecule is CCCC(N=[N+]=[N-])N(C)C. The maximum atomic E-state index is 8.14. The van der Waals surface area contributed by atoms with Gasteiger partial charge in [-0.3, -0.25) is 0 Å². The van der Waals surface area contributed by atoms with Gasteiger partial charge in [-0.25, -0.2) is 0 Å². The minimum Gasteiger partial charge on any atom is -0.301 e. The summed E-state index contributed by atoms with van der Waals surface area (Å²) in [7, 11) is 3.82. The van der Waals surface area contributed by atoms with Crippen LogP contribution < -0.4 is 0 Å². The Kier molecular flexibility index (Phi) is 4.72.